The predicted molar refractivity (Wildman–Crippen MR) is 66.9 cm³/mol. The first kappa shape index (κ1) is 13.1. The molecule has 1 saturated heterocycles. The Hall–Kier alpha value is -1.39. The smallest absolute Gasteiger partial charge is 0.171 e. The third-order valence-corrected chi connectivity index (χ3v) is 2.69. The van der Waals surface area contributed by atoms with Crippen molar-refractivity contribution in [3.8, 4) is 5.75 Å². The second kappa shape index (κ2) is 6.52. The molecule has 0 spiro atoms. The van der Waals surface area contributed by atoms with E-state index in [9.17, 15) is 4.79 Å². The van der Waals surface area contributed by atoms with E-state index in [1.165, 1.54) is 0 Å². The average Bonchev–Trinajstić information content (AvgIpc) is 2.89. The molecule has 1 aromatic rings. The maximum Gasteiger partial charge on any atom is 0.171 e. The first-order valence-electron chi connectivity index (χ1n) is 6.29. The summed E-state index contributed by atoms with van der Waals surface area (Å²) in [7, 11) is 0. The lowest BCUT2D eigenvalue weighted by Gasteiger charge is -2.12. The van der Waals surface area contributed by atoms with Gasteiger partial charge in [0.25, 0.3) is 0 Å². The number of rotatable bonds is 6. The van der Waals surface area contributed by atoms with Crippen LogP contribution in [0.4, 0.5) is 0 Å². The Bertz CT molecular complexity index is 397. The lowest BCUT2D eigenvalue weighted by atomic mass is 10.1. The number of Topliss-reactive ketones (excluding diaryl/α,β-unsaturated/α-hetero) is 1. The number of ketones is 1. The zero-order chi connectivity index (χ0) is 12.8. The normalized spacial score (nSPS) is 15.8. The van der Waals surface area contributed by atoms with Crippen molar-refractivity contribution in [2.45, 2.75) is 26.1 Å². The molecule has 0 aliphatic carbocycles. The third-order valence-electron chi connectivity index (χ3n) is 2.69. The fourth-order valence-electron chi connectivity index (χ4n) is 1.82. The number of ether oxygens (including phenoxy) is 3. The highest BCUT2D eigenvalue weighted by molar-refractivity contribution is 5.98. The summed E-state index contributed by atoms with van der Waals surface area (Å²) in [4.78, 5) is 12.1. The van der Waals surface area contributed by atoms with E-state index in [0.717, 1.165) is 6.42 Å². The van der Waals surface area contributed by atoms with E-state index in [1.54, 1.807) is 6.07 Å². The van der Waals surface area contributed by atoms with Crippen LogP contribution in [-0.2, 0) is 9.47 Å². The van der Waals surface area contributed by atoms with Crippen molar-refractivity contribution in [2.24, 2.45) is 0 Å². The second-order valence-electron chi connectivity index (χ2n) is 4.14. The molecular formula is C14H18O4. The molecule has 1 fully saturated rings. The SMILES string of the molecule is CCCOc1ccccc1C(=O)CC1OCCO1. The van der Waals surface area contributed by atoms with Crippen LogP contribution in [0.2, 0.25) is 0 Å². The third kappa shape index (κ3) is 3.31. The Labute approximate surface area is 107 Å². The van der Waals surface area contributed by atoms with Gasteiger partial charge in [-0.2, -0.15) is 0 Å². The summed E-state index contributed by atoms with van der Waals surface area (Å²) < 4.78 is 16.1. The minimum absolute atomic E-state index is 0.00592. The standard InChI is InChI=1S/C14H18O4/c1-2-7-16-13-6-4-3-5-11(13)12(15)10-14-17-8-9-18-14/h3-6,14H,2,7-10H2,1H3. The molecule has 0 amide bonds. The first-order valence-corrected chi connectivity index (χ1v) is 6.29. The minimum Gasteiger partial charge on any atom is -0.493 e. The quantitative estimate of drug-likeness (QED) is 0.727. The molecule has 0 atom stereocenters. The molecule has 98 valence electrons. The predicted octanol–water partition coefficient (Wildman–Crippen LogP) is 2.42. The van der Waals surface area contributed by atoms with Gasteiger partial charge in [0.1, 0.15) is 5.75 Å². The molecule has 1 aliphatic rings. The molecule has 1 heterocycles. The fourth-order valence-corrected chi connectivity index (χ4v) is 1.82. The van der Waals surface area contributed by atoms with Gasteiger partial charge in [-0.15, -0.1) is 0 Å². The lowest BCUT2D eigenvalue weighted by Crippen LogP contribution is -2.15. The van der Waals surface area contributed by atoms with Gasteiger partial charge in [0.05, 0.1) is 31.8 Å². The molecule has 0 N–H and O–H groups in total. The number of benzene rings is 1. The average molecular weight is 250 g/mol. The van der Waals surface area contributed by atoms with Crippen molar-refractivity contribution < 1.29 is 19.0 Å². The number of carbonyl (C=O) groups excluding carboxylic acids is 1. The maximum atomic E-state index is 12.1. The minimum atomic E-state index is -0.406. The molecule has 4 heteroatoms. The first-order chi connectivity index (χ1) is 8.81. The molecule has 1 aromatic carbocycles. The van der Waals surface area contributed by atoms with Crippen molar-refractivity contribution in [1.82, 2.24) is 0 Å². The zero-order valence-electron chi connectivity index (χ0n) is 10.6. The van der Waals surface area contributed by atoms with Crippen molar-refractivity contribution in [3.05, 3.63) is 29.8 Å². The molecule has 0 radical (unpaired) electrons. The van der Waals surface area contributed by atoms with Crippen LogP contribution in [-0.4, -0.2) is 31.9 Å². The largest absolute Gasteiger partial charge is 0.493 e. The van der Waals surface area contributed by atoms with Crippen LogP contribution in [0.3, 0.4) is 0 Å². The number of hydrogen-bond donors (Lipinski definition) is 0. The molecule has 4 nitrogen and oxygen atoms in total. The van der Waals surface area contributed by atoms with Gasteiger partial charge in [-0.3, -0.25) is 4.79 Å². The molecule has 0 aromatic heterocycles. The summed E-state index contributed by atoms with van der Waals surface area (Å²) in [5, 5.41) is 0. The highest BCUT2D eigenvalue weighted by Gasteiger charge is 2.22. The second-order valence-corrected chi connectivity index (χ2v) is 4.14. The van der Waals surface area contributed by atoms with E-state index < -0.39 is 6.29 Å². The molecule has 2 rings (SSSR count). The van der Waals surface area contributed by atoms with E-state index in [2.05, 4.69) is 0 Å². The Kier molecular flexibility index (Phi) is 4.73. The van der Waals surface area contributed by atoms with Gasteiger partial charge in [0.2, 0.25) is 0 Å². The van der Waals surface area contributed by atoms with Crippen LogP contribution in [0.25, 0.3) is 0 Å². The maximum absolute atomic E-state index is 12.1. The summed E-state index contributed by atoms with van der Waals surface area (Å²) >= 11 is 0. The van der Waals surface area contributed by atoms with Gasteiger partial charge >= 0.3 is 0 Å². The van der Waals surface area contributed by atoms with Gasteiger partial charge < -0.3 is 14.2 Å². The molecule has 0 bridgehead atoms. The summed E-state index contributed by atoms with van der Waals surface area (Å²) in [6.45, 7) is 3.77. The monoisotopic (exact) mass is 250 g/mol. The Morgan fingerprint density at radius 3 is 2.78 bits per heavy atom. The van der Waals surface area contributed by atoms with Crippen LogP contribution >= 0.6 is 0 Å². The van der Waals surface area contributed by atoms with Crippen molar-refractivity contribution in [2.75, 3.05) is 19.8 Å². The summed E-state index contributed by atoms with van der Waals surface area (Å²) in [5.74, 6) is 0.635. The molecule has 1 aliphatic heterocycles. The summed E-state index contributed by atoms with van der Waals surface area (Å²) in [5.41, 5.74) is 0.602. The molecule has 18 heavy (non-hydrogen) atoms. The Balaban J connectivity index is 2.03. The molecular weight excluding hydrogens is 232 g/mol. The van der Waals surface area contributed by atoms with E-state index >= 15 is 0 Å². The van der Waals surface area contributed by atoms with Gasteiger partial charge in [-0.05, 0) is 18.6 Å². The van der Waals surface area contributed by atoms with Crippen LogP contribution in [0, 0.1) is 0 Å². The van der Waals surface area contributed by atoms with Crippen molar-refractivity contribution in [3.63, 3.8) is 0 Å². The van der Waals surface area contributed by atoms with Crippen LogP contribution in [0.5, 0.6) is 5.75 Å². The number of carbonyl (C=O) groups is 1. The van der Waals surface area contributed by atoms with Crippen LogP contribution < -0.4 is 4.74 Å². The van der Waals surface area contributed by atoms with Gasteiger partial charge in [-0.25, -0.2) is 0 Å². The van der Waals surface area contributed by atoms with E-state index in [1.807, 2.05) is 25.1 Å². The lowest BCUT2D eigenvalue weighted by molar-refractivity contribution is -0.0407. The van der Waals surface area contributed by atoms with Crippen molar-refractivity contribution >= 4 is 5.78 Å². The highest BCUT2D eigenvalue weighted by Crippen LogP contribution is 2.22. The van der Waals surface area contributed by atoms with Gasteiger partial charge in [-0.1, -0.05) is 19.1 Å². The summed E-state index contributed by atoms with van der Waals surface area (Å²) in [6, 6.07) is 7.30. The van der Waals surface area contributed by atoms with Gasteiger partial charge in [0, 0.05) is 0 Å². The Morgan fingerprint density at radius 2 is 2.06 bits per heavy atom. The Morgan fingerprint density at radius 1 is 1.33 bits per heavy atom. The van der Waals surface area contributed by atoms with E-state index in [0.29, 0.717) is 31.1 Å². The highest BCUT2D eigenvalue weighted by atomic mass is 16.7. The van der Waals surface area contributed by atoms with E-state index in [4.69, 9.17) is 14.2 Å². The molecule has 0 saturated carbocycles. The number of para-hydroxylation sites is 1. The zero-order valence-corrected chi connectivity index (χ0v) is 10.6. The van der Waals surface area contributed by atoms with Crippen LogP contribution in [0.1, 0.15) is 30.1 Å². The molecule has 0 unspecified atom stereocenters. The van der Waals surface area contributed by atoms with Crippen molar-refractivity contribution in [1.29, 1.82) is 0 Å². The van der Waals surface area contributed by atoms with Crippen LogP contribution in [0.15, 0.2) is 24.3 Å². The van der Waals surface area contributed by atoms with E-state index in [-0.39, 0.29) is 12.2 Å². The summed E-state index contributed by atoms with van der Waals surface area (Å²) in [6.07, 6.45) is 0.751. The number of hydrogen-bond acceptors (Lipinski definition) is 4. The van der Waals surface area contributed by atoms with Gasteiger partial charge in [0.15, 0.2) is 12.1 Å². The fraction of sp³-hybridized carbons (Fsp3) is 0.500. The topological polar surface area (TPSA) is 44.8 Å².